The Kier molecular flexibility index (Phi) is 5.87. The van der Waals surface area contributed by atoms with E-state index in [0.29, 0.717) is 12.5 Å². The van der Waals surface area contributed by atoms with Gasteiger partial charge in [0.25, 0.3) is 0 Å². The molecule has 2 N–H and O–H groups in total. The van der Waals surface area contributed by atoms with Crippen LogP contribution in [0, 0.1) is 5.92 Å². The van der Waals surface area contributed by atoms with E-state index in [1.165, 1.54) is 27.8 Å². The maximum Gasteiger partial charge on any atom is 0.120 e. The van der Waals surface area contributed by atoms with E-state index < -0.39 is 0 Å². The predicted molar refractivity (Wildman–Crippen MR) is 129 cm³/mol. The summed E-state index contributed by atoms with van der Waals surface area (Å²) < 4.78 is 11.9. The second kappa shape index (κ2) is 9.09. The van der Waals surface area contributed by atoms with E-state index >= 15 is 0 Å². The molecule has 0 radical (unpaired) electrons. The molecule has 0 saturated heterocycles. The quantitative estimate of drug-likeness (QED) is 0.380. The SMILES string of the molecule is CC(C)COc1ccc(C2NCCc3c2[nH]c2ccc(OCc4ccccc4)cc32)cc1. The second-order valence-corrected chi connectivity index (χ2v) is 8.91. The Labute approximate surface area is 189 Å². The lowest BCUT2D eigenvalue weighted by molar-refractivity contribution is 0.271. The number of aromatic amines is 1. The molecule has 0 spiro atoms. The van der Waals surface area contributed by atoms with Crippen molar-refractivity contribution >= 4 is 10.9 Å². The Morgan fingerprint density at radius 3 is 2.47 bits per heavy atom. The van der Waals surface area contributed by atoms with E-state index in [0.717, 1.165) is 36.6 Å². The standard InChI is InChI=1S/C28H30N2O2/c1-19(2)17-31-22-10-8-21(9-11-22)27-28-24(14-15-29-27)25-16-23(12-13-26(25)30-28)32-18-20-6-4-3-5-7-20/h3-13,16,19,27,29-30H,14-15,17-18H2,1-2H3. The van der Waals surface area contributed by atoms with Crippen LogP contribution >= 0.6 is 0 Å². The Morgan fingerprint density at radius 2 is 1.69 bits per heavy atom. The van der Waals surface area contributed by atoms with E-state index in [9.17, 15) is 0 Å². The lowest BCUT2D eigenvalue weighted by atomic mass is 9.94. The minimum absolute atomic E-state index is 0.152. The first-order chi connectivity index (χ1) is 15.7. The molecule has 4 nitrogen and oxygen atoms in total. The molecule has 1 aliphatic rings. The lowest BCUT2D eigenvalue weighted by Crippen LogP contribution is -2.30. The fraction of sp³-hybridized carbons (Fsp3) is 0.286. The van der Waals surface area contributed by atoms with Crippen LogP contribution in [0.1, 0.15) is 42.3 Å². The molecule has 4 aromatic rings. The molecule has 0 aliphatic carbocycles. The van der Waals surface area contributed by atoms with Gasteiger partial charge < -0.3 is 19.8 Å². The molecular formula is C28H30N2O2. The van der Waals surface area contributed by atoms with E-state index in [2.05, 4.69) is 78.7 Å². The van der Waals surface area contributed by atoms with Crippen LogP contribution in [0.3, 0.4) is 0 Å². The predicted octanol–water partition coefficient (Wildman–Crippen LogP) is 6.02. The van der Waals surface area contributed by atoms with Crippen molar-refractivity contribution in [2.24, 2.45) is 5.92 Å². The number of fused-ring (bicyclic) bond motifs is 3. The molecule has 0 amide bonds. The molecular weight excluding hydrogens is 396 g/mol. The minimum Gasteiger partial charge on any atom is -0.493 e. The lowest BCUT2D eigenvalue weighted by Gasteiger charge is -2.25. The number of H-pyrrole nitrogens is 1. The normalized spacial score (nSPS) is 15.7. The second-order valence-electron chi connectivity index (χ2n) is 8.91. The van der Waals surface area contributed by atoms with Gasteiger partial charge in [0.2, 0.25) is 0 Å². The number of hydrogen-bond acceptors (Lipinski definition) is 3. The smallest absolute Gasteiger partial charge is 0.120 e. The van der Waals surface area contributed by atoms with Crippen molar-refractivity contribution in [1.29, 1.82) is 0 Å². The van der Waals surface area contributed by atoms with E-state index in [-0.39, 0.29) is 6.04 Å². The monoisotopic (exact) mass is 426 g/mol. The molecule has 3 aromatic carbocycles. The summed E-state index contributed by atoms with van der Waals surface area (Å²) in [5.74, 6) is 2.35. The fourth-order valence-electron chi connectivity index (χ4n) is 4.34. The summed E-state index contributed by atoms with van der Waals surface area (Å²) in [7, 11) is 0. The van der Waals surface area contributed by atoms with Gasteiger partial charge in [-0.1, -0.05) is 56.3 Å². The van der Waals surface area contributed by atoms with Crippen LogP contribution in [-0.2, 0) is 13.0 Å². The molecule has 0 saturated carbocycles. The highest BCUT2D eigenvalue weighted by molar-refractivity contribution is 5.86. The number of benzene rings is 3. The topological polar surface area (TPSA) is 46.3 Å². The zero-order valence-corrected chi connectivity index (χ0v) is 18.7. The Balaban J connectivity index is 1.38. The highest BCUT2D eigenvalue weighted by atomic mass is 16.5. The number of nitrogens with one attached hydrogen (secondary N) is 2. The third-order valence-corrected chi connectivity index (χ3v) is 5.97. The first-order valence-electron chi connectivity index (χ1n) is 11.4. The maximum atomic E-state index is 6.08. The number of rotatable bonds is 7. The first kappa shape index (κ1) is 20.7. The van der Waals surface area contributed by atoms with Gasteiger partial charge in [-0.15, -0.1) is 0 Å². The molecule has 1 unspecified atom stereocenters. The van der Waals surface area contributed by atoms with E-state index in [1.54, 1.807) is 0 Å². The maximum absolute atomic E-state index is 6.08. The van der Waals surface area contributed by atoms with Gasteiger partial charge in [-0.25, -0.2) is 0 Å². The zero-order chi connectivity index (χ0) is 21.9. The molecule has 0 fully saturated rings. The average molecular weight is 427 g/mol. The van der Waals surface area contributed by atoms with Gasteiger partial charge in [-0.05, 0) is 59.4 Å². The van der Waals surface area contributed by atoms with Gasteiger partial charge >= 0.3 is 0 Å². The summed E-state index contributed by atoms with van der Waals surface area (Å²) in [4.78, 5) is 3.67. The van der Waals surface area contributed by atoms with Crippen LogP contribution in [-0.4, -0.2) is 18.1 Å². The summed E-state index contributed by atoms with van der Waals surface area (Å²) in [6.45, 7) is 6.59. The number of hydrogen-bond donors (Lipinski definition) is 2. The van der Waals surface area contributed by atoms with Crippen molar-refractivity contribution in [3.63, 3.8) is 0 Å². The summed E-state index contributed by atoms with van der Waals surface area (Å²) in [5.41, 5.74) is 6.22. The summed E-state index contributed by atoms with van der Waals surface area (Å²) in [5, 5.41) is 4.94. The van der Waals surface area contributed by atoms with Crippen molar-refractivity contribution < 1.29 is 9.47 Å². The first-order valence-corrected chi connectivity index (χ1v) is 11.4. The minimum atomic E-state index is 0.152. The molecule has 32 heavy (non-hydrogen) atoms. The van der Waals surface area contributed by atoms with Crippen LogP contribution in [0.2, 0.25) is 0 Å². The molecule has 1 atom stereocenters. The highest BCUT2D eigenvalue weighted by Gasteiger charge is 2.25. The fourth-order valence-corrected chi connectivity index (χ4v) is 4.34. The third kappa shape index (κ3) is 4.37. The van der Waals surface area contributed by atoms with Gasteiger partial charge in [0, 0.05) is 23.1 Å². The van der Waals surface area contributed by atoms with Crippen LogP contribution < -0.4 is 14.8 Å². The Hall–Kier alpha value is -3.24. The third-order valence-electron chi connectivity index (χ3n) is 5.97. The van der Waals surface area contributed by atoms with Gasteiger partial charge in [-0.2, -0.15) is 0 Å². The van der Waals surface area contributed by atoms with Gasteiger partial charge in [0.15, 0.2) is 0 Å². The summed E-state index contributed by atoms with van der Waals surface area (Å²) in [6.07, 6.45) is 1.00. The molecule has 2 heterocycles. The van der Waals surface area contributed by atoms with Crippen LogP contribution in [0.25, 0.3) is 10.9 Å². The van der Waals surface area contributed by atoms with Gasteiger partial charge in [-0.3, -0.25) is 0 Å². The van der Waals surface area contributed by atoms with Crippen LogP contribution in [0.15, 0.2) is 72.8 Å². The molecule has 0 bridgehead atoms. The van der Waals surface area contributed by atoms with Crippen molar-refractivity contribution in [3.05, 3.63) is 95.2 Å². The summed E-state index contributed by atoms with van der Waals surface area (Å²) in [6, 6.07) is 25.3. The molecule has 4 heteroatoms. The van der Waals surface area contributed by atoms with Crippen molar-refractivity contribution in [1.82, 2.24) is 10.3 Å². The van der Waals surface area contributed by atoms with Crippen molar-refractivity contribution in [2.75, 3.05) is 13.2 Å². The molecule has 1 aliphatic heterocycles. The zero-order valence-electron chi connectivity index (χ0n) is 18.7. The van der Waals surface area contributed by atoms with Gasteiger partial charge in [0.1, 0.15) is 18.1 Å². The Morgan fingerprint density at radius 1 is 0.906 bits per heavy atom. The highest BCUT2D eigenvalue weighted by Crippen LogP contribution is 2.35. The van der Waals surface area contributed by atoms with E-state index in [1.807, 2.05) is 18.2 Å². The summed E-state index contributed by atoms with van der Waals surface area (Å²) >= 11 is 0. The molecule has 5 rings (SSSR count). The van der Waals surface area contributed by atoms with Crippen LogP contribution in [0.4, 0.5) is 0 Å². The van der Waals surface area contributed by atoms with Crippen molar-refractivity contribution in [2.45, 2.75) is 32.9 Å². The van der Waals surface area contributed by atoms with Gasteiger partial charge in [0.05, 0.1) is 12.6 Å². The van der Waals surface area contributed by atoms with Crippen molar-refractivity contribution in [3.8, 4) is 11.5 Å². The largest absolute Gasteiger partial charge is 0.493 e. The average Bonchev–Trinajstić information content (AvgIpc) is 3.20. The van der Waals surface area contributed by atoms with E-state index in [4.69, 9.17) is 9.47 Å². The molecule has 164 valence electrons. The van der Waals surface area contributed by atoms with Crippen LogP contribution in [0.5, 0.6) is 11.5 Å². The Bertz CT molecular complexity index is 1180. The molecule has 1 aromatic heterocycles. The number of aromatic nitrogens is 1. The number of ether oxygens (including phenoxy) is 2.